The molecular weight excluding hydrogens is 260 g/mol. The fourth-order valence-electron chi connectivity index (χ4n) is 1.86. The molecule has 5 nitrogen and oxygen atoms in total. The number of nitrogens with two attached hydrogens (primary N) is 1. The molecule has 0 aromatic carbocycles. The van der Waals surface area contributed by atoms with Gasteiger partial charge in [0.1, 0.15) is 17.5 Å². The first-order valence-corrected chi connectivity index (χ1v) is 8.40. The van der Waals surface area contributed by atoms with Gasteiger partial charge in [-0.05, 0) is 33.1 Å². The van der Waals surface area contributed by atoms with Crippen molar-refractivity contribution in [1.82, 2.24) is 9.97 Å². The van der Waals surface area contributed by atoms with Crippen molar-refractivity contribution >= 4 is 22.4 Å². The lowest BCUT2D eigenvalue weighted by Crippen LogP contribution is -2.20. The summed E-state index contributed by atoms with van der Waals surface area (Å²) in [5.41, 5.74) is 6.84. The molecule has 6 heteroatoms. The second-order valence-corrected chi connectivity index (χ2v) is 6.88. The molecule has 0 saturated heterocycles. The monoisotopic (exact) mass is 282 g/mol. The molecule has 2 atom stereocenters. The summed E-state index contributed by atoms with van der Waals surface area (Å²) in [6.07, 6.45) is 4.90. The zero-order valence-corrected chi connectivity index (χ0v) is 12.6. The van der Waals surface area contributed by atoms with Crippen LogP contribution in [0.3, 0.4) is 0 Å². The summed E-state index contributed by atoms with van der Waals surface area (Å²) >= 11 is 0. The molecule has 0 spiro atoms. The zero-order chi connectivity index (χ0) is 14.0. The van der Waals surface area contributed by atoms with Crippen LogP contribution < -0.4 is 11.1 Å². The normalized spacial score (nSPS) is 18.1. The first kappa shape index (κ1) is 14.2. The molecule has 0 bridgehead atoms. The van der Waals surface area contributed by atoms with Crippen LogP contribution >= 0.6 is 0 Å². The van der Waals surface area contributed by atoms with Gasteiger partial charge in [0.25, 0.3) is 0 Å². The molecule has 0 amide bonds. The molecule has 0 radical (unpaired) electrons. The number of hydrogen-bond acceptors (Lipinski definition) is 5. The Labute approximate surface area is 116 Å². The van der Waals surface area contributed by atoms with E-state index in [1.54, 1.807) is 6.26 Å². The number of nitrogens with one attached hydrogen (secondary N) is 1. The van der Waals surface area contributed by atoms with Gasteiger partial charge < -0.3 is 11.1 Å². The Morgan fingerprint density at radius 1 is 1.47 bits per heavy atom. The molecule has 1 saturated carbocycles. The number of nitrogens with zero attached hydrogens (tertiary/aromatic N) is 2. The maximum Gasteiger partial charge on any atom is 0.136 e. The lowest BCUT2D eigenvalue weighted by atomic mass is 10.2. The molecule has 19 heavy (non-hydrogen) atoms. The minimum atomic E-state index is -0.753. The SMILES string of the molecule is Cc1c(N)nc(C2CC2)nc1NC(C)CCS(C)=O. The van der Waals surface area contributed by atoms with Crippen molar-refractivity contribution in [2.75, 3.05) is 23.1 Å². The van der Waals surface area contributed by atoms with Gasteiger partial charge in [0.05, 0.1) is 0 Å². The quantitative estimate of drug-likeness (QED) is 0.831. The van der Waals surface area contributed by atoms with E-state index in [0.717, 1.165) is 36.5 Å². The molecule has 2 unspecified atom stereocenters. The van der Waals surface area contributed by atoms with Crippen LogP contribution in [0.25, 0.3) is 0 Å². The smallest absolute Gasteiger partial charge is 0.136 e. The second-order valence-electron chi connectivity index (χ2n) is 5.33. The Hall–Kier alpha value is -1.17. The molecule has 0 aliphatic heterocycles. The van der Waals surface area contributed by atoms with Gasteiger partial charge in [-0.3, -0.25) is 4.21 Å². The minimum absolute atomic E-state index is 0.226. The van der Waals surface area contributed by atoms with Gasteiger partial charge in [0.2, 0.25) is 0 Å². The Kier molecular flexibility index (Phi) is 4.39. The van der Waals surface area contributed by atoms with Crippen LogP contribution in [-0.4, -0.2) is 32.2 Å². The molecule has 1 aliphatic rings. The second kappa shape index (κ2) is 5.86. The maximum absolute atomic E-state index is 11.1. The lowest BCUT2D eigenvalue weighted by Gasteiger charge is -2.17. The molecule has 1 fully saturated rings. The van der Waals surface area contributed by atoms with Crippen LogP contribution in [0.5, 0.6) is 0 Å². The van der Waals surface area contributed by atoms with E-state index in [1.807, 2.05) is 6.92 Å². The van der Waals surface area contributed by atoms with Gasteiger partial charge in [0.15, 0.2) is 0 Å². The number of rotatable bonds is 6. The van der Waals surface area contributed by atoms with Crippen molar-refractivity contribution in [2.24, 2.45) is 0 Å². The van der Waals surface area contributed by atoms with E-state index in [-0.39, 0.29) is 6.04 Å². The van der Waals surface area contributed by atoms with E-state index in [4.69, 9.17) is 5.73 Å². The summed E-state index contributed by atoms with van der Waals surface area (Å²) in [7, 11) is -0.753. The summed E-state index contributed by atoms with van der Waals surface area (Å²) in [6.45, 7) is 4.00. The highest BCUT2D eigenvalue weighted by Crippen LogP contribution is 2.39. The van der Waals surface area contributed by atoms with Gasteiger partial charge in [-0.25, -0.2) is 9.97 Å². The maximum atomic E-state index is 11.1. The third-order valence-corrected chi connectivity index (χ3v) is 4.18. The highest BCUT2D eigenvalue weighted by molar-refractivity contribution is 7.84. The van der Waals surface area contributed by atoms with Gasteiger partial charge in [-0.1, -0.05) is 0 Å². The largest absolute Gasteiger partial charge is 0.383 e. The Balaban J connectivity index is 2.07. The third kappa shape index (κ3) is 3.89. The molecule has 1 heterocycles. The molecular formula is C13H22N4OS. The minimum Gasteiger partial charge on any atom is -0.383 e. The average Bonchev–Trinajstić information content (AvgIpc) is 3.16. The molecule has 1 aliphatic carbocycles. The standard InChI is InChI=1S/C13H22N4OS/c1-8(6-7-19(3)18)15-12-9(2)11(14)16-13(17-12)10-4-5-10/h8,10H,4-7H2,1-3H3,(H3,14,15,16,17). The fourth-order valence-corrected chi connectivity index (χ4v) is 2.55. The highest BCUT2D eigenvalue weighted by Gasteiger charge is 2.28. The van der Waals surface area contributed by atoms with Crippen LogP contribution in [0.15, 0.2) is 0 Å². The topological polar surface area (TPSA) is 80.9 Å². The summed E-state index contributed by atoms with van der Waals surface area (Å²) in [4.78, 5) is 8.94. The molecule has 3 N–H and O–H groups in total. The molecule has 1 aromatic rings. The highest BCUT2D eigenvalue weighted by atomic mass is 32.2. The Bertz CT molecular complexity index is 488. The third-order valence-electron chi connectivity index (χ3n) is 3.36. The van der Waals surface area contributed by atoms with E-state index in [9.17, 15) is 4.21 Å². The van der Waals surface area contributed by atoms with Crippen molar-refractivity contribution in [1.29, 1.82) is 0 Å². The van der Waals surface area contributed by atoms with Crippen LogP contribution in [0.4, 0.5) is 11.6 Å². The fraction of sp³-hybridized carbons (Fsp3) is 0.692. The Morgan fingerprint density at radius 3 is 2.74 bits per heavy atom. The van der Waals surface area contributed by atoms with Gasteiger partial charge in [-0.15, -0.1) is 0 Å². The summed E-state index contributed by atoms with van der Waals surface area (Å²) in [5, 5.41) is 3.36. The van der Waals surface area contributed by atoms with E-state index in [1.165, 1.54) is 0 Å². The van der Waals surface area contributed by atoms with E-state index in [2.05, 4.69) is 22.2 Å². The van der Waals surface area contributed by atoms with Gasteiger partial charge in [-0.2, -0.15) is 0 Å². The lowest BCUT2D eigenvalue weighted by molar-refractivity contribution is 0.678. The molecule has 106 valence electrons. The first-order valence-electron chi connectivity index (χ1n) is 6.68. The van der Waals surface area contributed by atoms with Crippen LogP contribution in [0, 0.1) is 6.92 Å². The van der Waals surface area contributed by atoms with Crippen molar-refractivity contribution in [3.63, 3.8) is 0 Å². The predicted octanol–water partition coefficient (Wildman–Crippen LogP) is 1.81. The van der Waals surface area contributed by atoms with E-state index in [0.29, 0.717) is 17.5 Å². The van der Waals surface area contributed by atoms with Crippen molar-refractivity contribution in [2.45, 2.75) is 45.1 Å². The summed E-state index contributed by atoms with van der Waals surface area (Å²) < 4.78 is 11.1. The van der Waals surface area contributed by atoms with Gasteiger partial charge >= 0.3 is 0 Å². The first-order chi connectivity index (χ1) is 8.97. The van der Waals surface area contributed by atoms with Crippen molar-refractivity contribution < 1.29 is 4.21 Å². The number of nitrogen functional groups attached to an aromatic ring is 1. The van der Waals surface area contributed by atoms with Gasteiger partial charge in [0, 0.05) is 40.3 Å². The summed E-state index contributed by atoms with van der Waals surface area (Å²) in [5.74, 6) is 3.43. The van der Waals surface area contributed by atoms with Crippen molar-refractivity contribution in [3.8, 4) is 0 Å². The number of aromatic nitrogens is 2. The zero-order valence-electron chi connectivity index (χ0n) is 11.8. The van der Waals surface area contributed by atoms with E-state index >= 15 is 0 Å². The molecule has 1 aromatic heterocycles. The predicted molar refractivity (Wildman–Crippen MR) is 79.8 cm³/mol. The van der Waals surface area contributed by atoms with Crippen LogP contribution in [0.1, 0.15) is 43.5 Å². The van der Waals surface area contributed by atoms with Crippen LogP contribution in [0.2, 0.25) is 0 Å². The Morgan fingerprint density at radius 2 is 2.16 bits per heavy atom. The van der Waals surface area contributed by atoms with Crippen molar-refractivity contribution in [3.05, 3.63) is 11.4 Å². The average molecular weight is 282 g/mol. The van der Waals surface area contributed by atoms with Crippen LogP contribution in [-0.2, 0) is 10.8 Å². The number of hydrogen-bond donors (Lipinski definition) is 2. The number of anilines is 2. The summed E-state index contributed by atoms with van der Waals surface area (Å²) in [6, 6.07) is 0.226. The molecule has 2 rings (SSSR count). The van der Waals surface area contributed by atoms with E-state index < -0.39 is 10.8 Å².